The molecule has 0 spiro atoms. The van der Waals surface area contributed by atoms with Gasteiger partial charge in [-0.15, -0.1) is 0 Å². The summed E-state index contributed by atoms with van der Waals surface area (Å²) in [5, 5.41) is 9.15. The van der Waals surface area contributed by atoms with Crippen LogP contribution < -0.4 is 0 Å². The van der Waals surface area contributed by atoms with E-state index in [2.05, 4.69) is 4.98 Å². The average Bonchev–Trinajstić information content (AvgIpc) is 3.04. The molecule has 120 valence electrons. The predicted molar refractivity (Wildman–Crippen MR) is 82.5 cm³/mol. The molecule has 6 heteroatoms. The fraction of sp³-hybridized carbons (Fsp3) is 0.294. The van der Waals surface area contributed by atoms with Crippen molar-refractivity contribution in [1.82, 2.24) is 9.88 Å². The molecule has 1 aliphatic rings. The summed E-state index contributed by atoms with van der Waals surface area (Å²) in [5.74, 6) is -1.91. The molecular formula is C17H17FN2O3. The molecule has 5 nitrogen and oxygen atoms in total. The van der Waals surface area contributed by atoms with Crippen LogP contribution in [0.25, 0.3) is 11.1 Å². The highest BCUT2D eigenvalue weighted by Gasteiger charge is 2.29. The maximum atomic E-state index is 13.1. The van der Waals surface area contributed by atoms with Gasteiger partial charge in [-0.25, -0.2) is 4.39 Å². The third-order valence-electron chi connectivity index (χ3n) is 4.19. The predicted octanol–water partition coefficient (Wildman–Crippen LogP) is 2.76. The third-order valence-corrected chi connectivity index (χ3v) is 4.19. The van der Waals surface area contributed by atoms with Crippen LogP contribution in [0.5, 0.6) is 0 Å². The van der Waals surface area contributed by atoms with Gasteiger partial charge < -0.3 is 15.0 Å². The highest BCUT2D eigenvalue weighted by Crippen LogP contribution is 2.26. The molecule has 1 saturated heterocycles. The number of carboxylic acid groups (broad SMARTS) is 1. The van der Waals surface area contributed by atoms with Crippen LogP contribution in [-0.4, -0.2) is 40.0 Å². The van der Waals surface area contributed by atoms with Gasteiger partial charge in [-0.2, -0.15) is 0 Å². The van der Waals surface area contributed by atoms with Crippen molar-refractivity contribution >= 4 is 11.9 Å². The Morgan fingerprint density at radius 2 is 1.96 bits per heavy atom. The quantitative estimate of drug-likeness (QED) is 0.914. The van der Waals surface area contributed by atoms with Crippen LogP contribution in [0.3, 0.4) is 0 Å². The summed E-state index contributed by atoms with van der Waals surface area (Å²) in [4.78, 5) is 28.4. The molecule has 0 saturated carbocycles. The number of piperidine rings is 1. The molecular weight excluding hydrogens is 299 g/mol. The van der Waals surface area contributed by atoms with Gasteiger partial charge in [0, 0.05) is 31.0 Å². The van der Waals surface area contributed by atoms with Crippen molar-refractivity contribution in [3.8, 4) is 11.1 Å². The van der Waals surface area contributed by atoms with Crippen molar-refractivity contribution in [2.24, 2.45) is 5.92 Å². The monoisotopic (exact) mass is 316 g/mol. The largest absolute Gasteiger partial charge is 0.481 e. The first-order valence-electron chi connectivity index (χ1n) is 7.51. The molecule has 3 rings (SSSR count). The lowest BCUT2D eigenvalue weighted by molar-refractivity contribution is -0.143. The number of amides is 1. The number of hydrogen-bond acceptors (Lipinski definition) is 2. The Balaban J connectivity index is 1.85. The van der Waals surface area contributed by atoms with Crippen molar-refractivity contribution in [1.29, 1.82) is 0 Å². The minimum Gasteiger partial charge on any atom is -0.481 e. The second-order valence-corrected chi connectivity index (χ2v) is 5.72. The van der Waals surface area contributed by atoms with Gasteiger partial charge in [-0.05, 0) is 30.5 Å². The van der Waals surface area contributed by atoms with E-state index in [0.29, 0.717) is 30.5 Å². The molecule has 2 heterocycles. The Kier molecular flexibility index (Phi) is 4.14. The Hall–Kier alpha value is -2.63. The molecule has 1 aliphatic heterocycles. The van der Waals surface area contributed by atoms with Crippen molar-refractivity contribution in [3.05, 3.63) is 48.0 Å². The fourth-order valence-electron chi connectivity index (χ4n) is 2.94. The van der Waals surface area contributed by atoms with Crippen LogP contribution in [0.15, 0.2) is 36.7 Å². The summed E-state index contributed by atoms with van der Waals surface area (Å²) in [6.07, 6.45) is 4.57. The highest BCUT2D eigenvalue weighted by molar-refractivity contribution is 6.01. The Labute approximate surface area is 132 Å². The first-order valence-corrected chi connectivity index (χ1v) is 7.51. The van der Waals surface area contributed by atoms with E-state index in [9.17, 15) is 14.0 Å². The molecule has 1 amide bonds. The number of carboxylic acids is 1. The average molecular weight is 316 g/mol. The van der Waals surface area contributed by atoms with E-state index in [4.69, 9.17) is 5.11 Å². The number of halogens is 1. The van der Waals surface area contributed by atoms with Gasteiger partial charge in [-0.3, -0.25) is 9.59 Å². The Bertz CT molecular complexity index is 724. The molecule has 1 aromatic carbocycles. The van der Waals surface area contributed by atoms with Crippen molar-refractivity contribution in [2.45, 2.75) is 12.8 Å². The van der Waals surface area contributed by atoms with Gasteiger partial charge in [0.2, 0.25) is 0 Å². The Morgan fingerprint density at radius 1 is 1.22 bits per heavy atom. The van der Waals surface area contributed by atoms with Gasteiger partial charge in [0.05, 0.1) is 11.5 Å². The second kappa shape index (κ2) is 6.24. The van der Waals surface area contributed by atoms with E-state index < -0.39 is 11.9 Å². The topological polar surface area (TPSA) is 73.4 Å². The van der Waals surface area contributed by atoms with Gasteiger partial charge in [-0.1, -0.05) is 12.1 Å². The number of carbonyl (C=O) groups is 2. The number of H-pyrrole nitrogens is 1. The van der Waals surface area contributed by atoms with E-state index in [0.717, 1.165) is 5.56 Å². The Morgan fingerprint density at radius 3 is 2.65 bits per heavy atom. The van der Waals surface area contributed by atoms with Crippen molar-refractivity contribution in [3.63, 3.8) is 0 Å². The number of hydrogen-bond donors (Lipinski definition) is 2. The number of carbonyl (C=O) groups excluding carboxylic acids is 1. The van der Waals surface area contributed by atoms with Gasteiger partial charge in [0.1, 0.15) is 5.82 Å². The first-order chi connectivity index (χ1) is 11.1. The smallest absolute Gasteiger partial charge is 0.308 e. The van der Waals surface area contributed by atoms with Gasteiger partial charge in [0.25, 0.3) is 5.91 Å². The minimum absolute atomic E-state index is 0.198. The summed E-state index contributed by atoms with van der Waals surface area (Å²) < 4.78 is 13.1. The van der Waals surface area contributed by atoms with Gasteiger partial charge >= 0.3 is 5.97 Å². The summed E-state index contributed by atoms with van der Waals surface area (Å²) in [6.45, 7) is 0.777. The fourth-order valence-corrected chi connectivity index (χ4v) is 2.94. The van der Waals surface area contributed by atoms with Gasteiger partial charge in [0.15, 0.2) is 0 Å². The molecule has 23 heavy (non-hydrogen) atoms. The van der Waals surface area contributed by atoms with Crippen molar-refractivity contribution < 1.29 is 19.1 Å². The zero-order valence-corrected chi connectivity index (χ0v) is 12.5. The van der Waals surface area contributed by atoms with Crippen LogP contribution in [0.4, 0.5) is 4.39 Å². The number of benzene rings is 1. The number of likely N-dealkylation sites (tertiary alicyclic amines) is 1. The summed E-state index contributed by atoms with van der Waals surface area (Å²) in [7, 11) is 0. The number of rotatable bonds is 3. The molecule has 1 fully saturated rings. The zero-order chi connectivity index (χ0) is 16.4. The molecule has 1 unspecified atom stereocenters. The summed E-state index contributed by atoms with van der Waals surface area (Å²) >= 11 is 0. The van der Waals surface area contributed by atoms with Crippen LogP contribution in [0.1, 0.15) is 23.2 Å². The third kappa shape index (κ3) is 3.11. The standard InChI is InChI=1S/C17H17FN2O3/c18-13-5-3-11(4-6-13)14-8-19-9-15(14)16(21)20-7-1-2-12(10-20)17(22)23/h3-6,8-9,12,19H,1-2,7,10H2,(H,22,23). The number of nitrogens with zero attached hydrogens (tertiary/aromatic N) is 1. The lowest BCUT2D eigenvalue weighted by Crippen LogP contribution is -2.42. The van der Waals surface area contributed by atoms with E-state index in [-0.39, 0.29) is 18.3 Å². The number of aromatic amines is 1. The summed E-state index contributed by atoms with van der Waals surface area (Å²) in [5.41, 5.74) is 1.90. The molecule has 0 aliphatic carbocycles. The van der Waals surface area contributed by atoms with Crippen LogP contribution in [0, 0.1) is 11.7 Å². The maximum absolute atomic E-state index is 13.1. The minimum atomic E-state index is -0.865. The van der Waals surface area contributed by atoms with E-state index >= 15 is 0 Å². The van der Waals surface area contributed by atoms with Crippen LogP contribution in [0.2, 0.25) is 0 Å². The number of aromatic nitrogens is 1. The second-order valence-electron chi connectivity index (χ2n) is 5.72. The van der Waals surface area contributed by atoms with Crippen LogP contribution >= 0.6 is 0 Å². The number of nitrogens with one attached hydrogen (secondary N) is 1. The molecule has 1 atom stereocenters. The lowest BCUT2D eigenvalue weighted by Gasteiger charge is -2.30. The molecule has 2 N–H and O–H groups in total. The maximum Gasteiger partial charge on any atom is 0.308 e. The van der Waals surface area contributed by atoms with E-state index in [1.807, 2.05) is 0 Å². The van der Waals surface area contributed by atoms with Crippen LogP contribution in [-0.2, 0) is 4.79 Å². The zero-order valence-electron chi connectivity index (χ0n) is 12.5. The van der Waals surface area contributed by atoms with E-state index in [1.54, 1.807) is 29.4 Å². The molecule has 0 radical (unpaired) electrons. The SMILES string of the molecule is O=C(O)C1CCCN(C(=O)c2c[nH]cc2-c2ccc(F)cc2)C1. The van der Waals surface area contributed by atoms with Crippen molar-refractivity contribution in [2.75, 3.05) is 13.1 Å². The molecule has 1 aromatic heterocycles. The summed E-state index contributed by atoms with van der Waals surface area (Å²) in [6, 6.07) is 5.92. The normalized spacial score (nSPS) is 18.0. The molecule has 2 aromatic rings. The first kappa shape index (κ1) is 15.3. The lowest BCUT2D eigenvalue weighted by atomic mass is 9.97. The molecule has 0 bridgehead atoms. The van der Waals surface area contributed by atoms with E-state index in [1.165, 1.54) is 12.1 Å². The highest BCUT2D eigenvalue weighted by atomic mass is 19.1. The number of aliphatic carboxylic acids is 1.